The first kappa shape index (κ1) is 17.8. The number of aryl methyl sites for hydroxylation is 1. The van der Waals surface area contributed by atoms with Gasteiger partial charge in [-0.1, -0.05) is 35.0 Å². The molecular formula is C20H16ClN5O2. The van der Waals surface area contributed by atoms with Crippen LogP contribution in [-0.2, 0) is 0 Å². The van der Waals surface area contributed by atoms with Crippen molar-refractivity contribution in [3.63, 3.8) is 0 Å². The third-order valence-corrected chi connectivity index (χ3v) is 4.38. The molecule has 0 unspecified atom stereocenters. The summed E-state index contributed by atoms with van der Waals surface area (Å²) in [6, 6.07) is 15.9. The van der Waals surface area contributed by atoms with Crippen molar-refractivity contribution in [3.05, 3.63) is 65.3 Å². The van der Waals surface area contributed by atoms with Crippen molar-refractivity contribution in [1.82, 2.24) is 10.1 Å². The first-order valence-electron chi connectivity index (χ1n) is 8.46. The van der Waals surface area contributed by atoms with Gasteiger partial charge in [0.2, 0.25) is 11.5 Å². The van der Waals surface area contributed by atoms with Gasteiger partial charge in [-0.05, 0) is 48.9 Å². The number of amides is 2. The van der Waals surface area contributed by atoms with E-state index in [0.717, 1.165) is 16.8 Å². The average Bonchev–Trinajstić information content (AvgIpc) is 3.02. The van der Waals surface area contributed by atoms with Gasteiger partial charge in [0.1, 0.15) is 0 Å². The number of nitrogens with zero attached hydrogens (tertiary/aromatic N) is 2. The maximum absolute atomic E-state index is 12.2. The third-order valence-electron chi connectivity index (χ3n) is 4.14. The molecule has 2 amide bonds. The predicted octanol–water partition coefficient (Wildman–Crippen LogP) is 5.08. The predicted molar refractivity (Wildman–Crippen MR) is 110 cm³/mol. The van der Waals surface area contributed by atoms with E-state index in [1.807, 2.05) is 25.1 Å². The molecule has 8 heteroatoms. The lowest BCUT2D eigenvalue weighted by Gasteiger charge is -2.09. The van der Waals surface area contributed by atoms with E-state index in [4.69, 9.17) is 21.9 Å². The largest absolute Gasteiger partial charge is 0.367 e. The molecule has 4 rings (SSSR count). The molecule has 2 heterocycles. The number of urea groups is 1. The number of nitrogens with one attached hydrogen (secondary N) is 2. The number of rotatable bonds is 3. The zero-order chi connectivity index (χ0) is 19.7. The number of pyridine rings is 1. The molecule has 0 spiro atoms. The minimum atomic E-state index is -0.361. The number of nitrogen functional groups attached to an aromatic ring is 1. The van der Waals surface area contributed by atoms with Crippen LogP contribution in [-0.4, -0.2) is 16.2 Å². The summed E-state index contributed by atoms with van der Waals surface area (Å²) in [5, 5.41) is 10.6. The highest BCUT2D eigenvalue weighted by Gasteiger charge is 2.14. The lowest BCUT2D eigenvalue weighted by atomic mass is 10.0. The maximum Gasteiger partial charge on any atom is 0.323 e. The first-order chi connectivity index (χ1) is 13.5. The number of fused-ring (bicyclic) bond motifs is 1. The van der Waals surface area contributed by atoms with Gasteiger partial charge >= 0.3 is 6.03 Å². The molecule has 140 valence electrons. The van der Waals surface area contributed by atoms with Gasteiger partial charge < -0.3 is 20.9 Å². The number of carbonyl (C=O) groups excluding carboxylic acids is 1. The number of carbonyl (C=O) groups is 1. The van der Waals surface area contributed by atoms with Crippen molar-refractivity contribution in [2.24, 2.45) is 0 Å². The van der Waals surface area contributed by atoms with Crippen LogP contribution in [0.4, 0.5) is 22.1 Å². The third kappa shape index (κ3) is 3.60. The summed E-state index contributed by atoms with van der Waals surface area (Å²) in [6.07, 6.45) is 0. The van der Waals surface area contributed by atoms with Crippen molar-refractivity contribution < 1.29 is 9.32 Å². The van der Waals surface area contributed by atoms with Crippen molar-refractivity contribution in [1.29, 1.82) is 0 Å². The molecule has 4 aromatic rings. The molecule has 2 aromatic heterocycles. The standard InChI is InChI=1S/C20H16ClN5O2/c1-11-9-16(17-18(22)28-26-19(17)23-11)12-5-7-14(8-6-12)24-20(27)25-15-4-2-3-13(21)10-15/h2-10H,22H2,1H3,(H2,24,25,27). The van der Waals surface area contributed by atoms with E-state index in [0.29, 0.717) is 27.4 Å². The van der Waals surface area contributed by atoms with E-state index < -0.39 is 0 Å². The summed E-state index contributed by atoms with van der Waals surface area (Å²) in [7, 11) is 0. The fraction of sp³-hybridized carbons (Fsp3) is 0.0500. The minimum Gasteiger partial charge on any atom is -0.367 e. The van der Waals surface area contributed by atoms with E-state index in [-0.39, 0.29) is 11.9 Å². The van der Waals surface area contributed by atoms with E-state index in [1.165, 1.54) is 0 Å². The van der Waals surface area contributed by atoms with Crippen LogP contribution < -0.4 is 16.4 Å². The maximum atomic E-state index is 12.2. The van der Waals surface area contributed by atoms with Gasteiger partial charge in [-0.2, -0.15) is 0 Å². The summed E-state index contributed by atoms with van der Waals surface area (Å²) >= 11 is 5.92. The lowest BCUT2D eigenvalue weighted by molar-refractivity contribution is 0.262. The summed E-state index contributed by atoms with van der Waals surface area (Å²) in [6.45, 7) is 1.88. The molecule has 0 atom stereocenters. The minimum absolute atomic E-state index is 0.223. The van der Waals surface area contributed by atoms with Crippen LogP contribution in [0.5, 0.6) is 0 Å². The Morgan fingerprint density at radius 1 is 1.07 bits per heavy atom. The average molecular weight is 394 g/mol. The van der Waals surface area contributed by atoms with Crippen LogP contribution in [0.15, 0.2) is 59.1 Å². The Hall–Kier alpha value is -3.58. The molecule has 0 bridgehead atoms. The van der Waals surface area contributed by atoms with Gasteiger partial charge in [-0.25, -0.2) is 9.78 Å². The zero-order valence-electron chi connectivity index (χ0n) is 14.9. The number of nitrogens with two attached hydrogens (primary N) is 1. The van der Waals surface area contributed by atoms with Crippen molar-refractivity contribution in [2.45, 2.75) is 6.92 Å². The second kappa shape index (κ2) is 7.21. The Labute approximate surface area is 165 Å². The van der Waals surface area contributed by atoms with Crippen molar-refractivity contribution >= 4 is 45.9 Å². The summed E-state index contributed by atoms with van der Waals surface area (Å²) in [5.41, 5.74) is 10.2. The number of halogens is 1. The number of anilines is 3. The van der Waals surface area contributed by atoms with Gasteiger partial charge in [0.05, 0.1) is 5.39 Å². The molecule has 7 nitrogen and oxygen atoms in total. The Balaban J connectivity index is 1.55. The fourth-order valence-electron chi connectivity index (χ4n) is 2.92. The molecule has 2 aromatic carbocycles. The van der Waals surface area contributed by atoms with Crippen molar-refractivity contribution in [3.8, 4) is 11.1 Å². The van der Waals surface area contributed by atoms with Gasteiger partial charge in [0.15, 0.2) is 0 Å². The Morgan fingerprint density at radius 2 is 1.82 bits per heavy atom. The van der Waals surface area contributed by atoms with Crippen LogP contribution >= 0.6 is 11.6 Å². The van der Waals surface area contributed by atoms with E-state index in [2.05, 4.69) is 20.8 Å². The molecule has 0 saturated carbocycles. The van der Waals surface area contributed by atoms with Gasteiger partial charge in [0.25, 0.3) is 0 Å². The Bertz CT molecular complexity index is 1170. The summed E-state index contributed by atoms with van der Waals surface area (Å²) in [5.74, 6) is 0.223. The highest BCUT2D eigenvalue weighted by molar-refractivity contribution is 6.30. The smallest absolute Gasteiger partial charge is 0.323 e. The van der Waals surface area contributed by atoms with Crippen LogP contribution in [0.25, 0.3) is 22.2 Å². The summed E-state index contributed by atoms with van der Waals surface area (Å²) < 4.78 is 5.06. The van der Waals surface area contributed by atoms with Crippen LogP contribution in [0, 0.1) is 6.92 Å². The SMILES string of the molecule is Cc1cc(-c2ccc(NC(=O)Nc3cccc(Cl)c3)cc2)c2c(N)onc2n1. The normalized spacial score (nSPS) is 10.8. The highest BCUT2D eigenvalue weighted by Crippen LogP contribution is 2.32. The second-order valence-corrected chi connectivity index (χ2v) is 6.66. The second-order valence-electron chi connectivity index (χ2n) is 6.22. The summed E-state index contributed by atoms with van der Waals surface area (Å²) in [4.78, 5) is 16.5. The van der Waals surface area contributed by atoms with E-state index in [1.54, 1.807) is 36.4 Å². The van der Waals surface area contributed by atoms with Gasteiger partial charge in [-0.15, -0.1) is 0 Å². The molecule has 28 heavy (non-hydrogen) atoms. The van der Waals surface area contributed by atoms with Gasteiger partial charge in [0, 0.05) is 27.7 Å². The van der Waals surface area contributed by atoms with E-state index in [9.17, 15) is 4.79 Å². The molecule has 0 aliphatic heterocycles. The first-order valence-corrected chi connectivity index (χ1v) is 8.84. The Kier molecular flexibility index (Phi) is 4.58. The quantitative estimate of drug-likeness (QED) is 0.450. The molecule has 4 N–H and O–H groups in total. The van der Waals surface area contributed by atoms with E-state index >= 15 is 0 Å². The van der Waals surface area contributed by atoms with Crippen LogP contribution in [0.2, 0.25) is 5.02 Å². The molecule has 0 saturated heterocycles. The molecule has 0 aliphatic carbocycles. The van der Waals surface area contributed by atoms with Crippen molar-refractivity contribution in [2.75, 3.05) is 16.4 Å². The highest BCUT2D eigenvalue weighted by atomic mass is 35.5. The van der Waals surface area contributed by atoms with Crippen LogP contribution in [0.1, 0.15) is 5.69 Å². The zero-order valence-corrected chi connectivity index (χ0v) is 15.6. The monoisotopic (exact) mass is 393 g/mol. The van der Waals surface area contributed by atoms with Crippen LogP contribution in [0.3, 0.4) is 0 Å². The Morgan fingerprint density at radius 3 is 2.57 bits per heavy atom. The number of benzene rings is 2. The molecule has 0 aliphatic rings. The topological polar surface area (TPSA) is 106 Å². The number of aromatic nitrogens is 2. The number of hydrogen-bond acceptors (Lipinski definition) is 5. The fourth-order valence-corrected chi connectivity index (χ4v) is 3.11. The molecule has 0 radical (unpaired) electrons. The van der Waals surface area contributed by atoms with Gasteiger partial charge in [-0.3, -0.25) is 0 Å². The lowest BCUT2D eigenvalue weighted by Crippen LogP contribution is -2.19. The molecule has 0 fully saturated rings. The number of hydrogen-bond donors (Lipinski definition) is 3. The molecular weight excluding hydrogens is 378 g/mol.